The summed E-state index contributed by atoms with van der Waals surface area (Å²) in [5.74, 6) is -4.55. The van der Waals surface area contributed by atoms with Crippen LogP contribution in [0.25, 0.3) is 11.1 Å². The molecule has 2 aromatic carbocycles. The van der Waals surface area contributed by atoms with E-state index in [0.29, 0.717) is 11.5 Å². The number of allylic oxidation sites excluding steroid dienone is 3. The van der Waals surface area contributed by atoms with Gasteiger partial charge in [-0.2, -0.15) is 4.39 Å². The Labute approximate surface area is 181 Å². The van der Waals surface area contributed by atoms with Crippen molar-refractivity contribution in [2.24, 2.45) is 5.92 Å². The van der Waals surface area contributed by atoms with Crippen molar-refractivity contribution in [1.29, 1.82) is 0 Å². The van der Waals surface area contributed by atoms with Crippen molar-refractivity contribution in [3.63, 3.8) is 0 Å². The van der Waals surface area contributed by atoms with Crippen LogP contribution in [0.4, 0.5) is 17.6 Å². The summed E-state index contributed by atoms with van der Waals surface area (Å²) in [5, 5.41) is 0. The van der Waals surface area contributed by atoms with E-state index in [2.05, 4.69) is 19.1 Å². The van der Waals surface area contributed by atoms with E-state index in [1.54, 1.807) is 6.92 Å². The fourth-order valence-electron chi connectivity index (χ4n) is 4.14. The van der Waals surface area contributed by atoms with Crippen molar-refractivity contribution in [2.75, 3.05) is 0 Å². The molecule has 0 aromatic heterocycles. The van der Waals surface area contributed by atoms with Gasteiger partial charge in [0.15, 0.2) is 23.2 Å². The molecule has 0 N–H and O–H groups in total. The smallest absolute Gasteiger partial charge is 0.201 e. The molecule has 1 nitrogen and oxygen atoms in total. The SMILES string of the molecule is C/C=C/Oc1ccc(-c2ccc(C3CCC(/C=C/CCC)CC3)c(F)c2F)c(F)c1F. The second-order valence-electron chi connectivity index (χ2n) is 7.99. The summed E-state index contributed by atoms with van der Waals surface area (Å²) in [6.45, 7) is 3.80. The Morgan fingerprint density at radius 1 is 0.871 bits per heavy atom. The lowest BCUT2D eigenvalue weighted by molar-refractivity contribution is 0.363. The fraction of sp³-hybridized carbons (Fsp3) is 0.385. The van der Waals surface area contributed by atoms with Gasteiger partial charge in [0.25, 0.3) is 0 Å². The molecule has 1 aliphatic rings. The molecule has 0 bridgehead atoms. The number of halogens is 4. The maximum absolute atomic E-state index is 14.9. The van der Waals surface area contributed by atoms with Crippen molar-refractivity contribution in [2.45, 2.75) is 58.3 Å². The monoisotopic (exact) mass is 432 g/mol. The van der Waals surface area contributed by atoms with Gasteiger partial charge in [-0.25, -0.2) is 13.2 Å². The van der Waals surface area contributed by atoms with Crippen molar-refractivity contribution < 1.29 is 22.3 Å². The summed E-state index contributed by atoms with van der Waals surface area (Å²) in [6.07, 6.45) is 12.7. The minimum absolute atomic E-state index is 0.0717. The molecule has 1 aliphatic carbocycles. The molecule has 0 heterocycles. The van der Waals surface area contributed by atoms with Gasteiger partial charge in [0.1, 0.15) is 0 Å². The Bertz CT molecular complexity index is 956. The Kier molecular flexibility index (Phi) is 7.94. The van der Waals surface area contributed by atoms with Crippen molar-refractivity contribution in [1.82, 2.24) is 0 Å². The molecule has 5 heteroatoms. The van der Waals surface area contributed by atoms with Crippen LogP contribution in [0.3, 0.4) is 0 Å². The van der Waals surface area contributed by atoms with E-state index < -0.39 is 23.3 Å². The van der Waals surface area contributed by atoms with Gasteiger partial charge >= 0.3 is 0 Å². The molecule has 3 rings (SSSR count). The lowest BCUT2D eigenvalue weighted by atomic mass is 9.78. The van der Waals surface area contributed by atoms with E-state index in [9.17, 15) is 17.6 Å². The molecule has 0 unspecified atom stereocenters. The third kappa shape index (κ3) is 5.20. The standard InChI is InChI=1S/C26H28F4O/c1-3-5-6-7-17-8-10-18(11-9-17)19-12-13-20(24(28)23(19)27)21-14-15-22(31-16-4-2)26(30)25(21)29/h4,6-7,12-18H,3,5,8-11H2,1-2H3/b7-6+,16-4+. The first-order valence-corrected chi connectivity index (χ1v) is 10.9. The predicted octanol–water partition coefficient (Wildman–Crippen LogP) is 8.45. The molecule has 2 aromatic rings. The molecule has 0 radical (unpaired) electrons. The summed E-state index contributed by atoms with van der Waals surface area (Å²) in [7, 11) is 0. The summed E-state index contributed by atoms with van der Waals surface area (Å²) in [4.78, 5) is 0. The van der Waals surface area contributed by atoms with Gasteiger partial charge in [-0.1, -0.05) is 43.7 Å². The summed E-state index contributed by atoms with van der Waals surface area (Å²) >= 11 is 0. The molecule has 1 fully saturated rings. The van der Waals surface area contributed by atoms with E-state index in [0.717, 1.165) is 38.5 Å². The summed E-state index contributed by atoms with van der Waals surface area (Å²) in [6, 6.07) is 5.24. The van der Waals surface area contributed by atoms with Crippen LogP contribution in [0, 0.1) is 29.2 Å². The summed E-state index contributed by atoms with van der Waals surface area (Å²) < 4.78 is 63.6. The Balaban J connectivity index is 1.81. The summed E-state index contributed by atoms with van der Waals surface area (Å²) in [5.41, 5.74) is -0.323. The van der Waals surface area contributed by atoms with Crippen LogP contribution in [0.1, 0.15) is 63.9 Å². The van der Waals surface area contributed by atoms with E-state index >= 15 is 0 Å². The molecule has 1 saturated carbocycles. The van der Waals surface area contributed by atoms with Gasteiger partial charge in [-0.15, -0.1) is 0 Å². The molecule has 0 saturated heterocycles. The minimum Gasteiger partial charge on any atom is -0.462 e. The third-order valence-corrected chi connectivity index (χ3v) is 5.86. The van der Waals surface area contributed by atoms with E-state index in [1.165, 1.54) is 36.6 Å². The first-order chi connectivity index (χ1) is 15.0. The van der Waals surface area contributed by atoms with Crippen LogP contribution < -0.4 is 4.74 Å². The van der Waals surface area contributed by atoms with Crippen LogP contribution >= 0.6 is 0 Å². The molecule has 166 valence electrons. The Hall–Kier alpha value is -2.56. The average Bonchev–Trinajstić information content (AvgIpc) is 2.78. The highest BCUT2D eigenvalue weighted by Crippen LogP contribution is 2.40. The molecular formula is C26H28F4O. The maximum atomic E-state index is 14.9. The topological polar surface area (TPSA) is 9.23 Å². The van der Waals surface area contributed by atoms with E-state index in [4.69, 9.17) is 4.74 Å². The lowest BCUT2D eigenvalue weighted by Gasteiger charge is -2.27. The van der Waals surface area contributed by atoms with Crippen LogP contribution in [0.2, 0.25) is 0 Å². The van der Waals surface area contributed by atoms with Crippen LogP contribution in [-0.2, 0) is 0 Å². The van der Waals surface area contributed by atoms with Crippen LogP contribution in [-0.4, -0.2) is 0 Å². The number of rotatable bonds is 7. The molecule has 0 aliphatic heterocycles. The molecule has 0 amide bonds. The van der Waals surface area contributed by atoms with Crippen molar-refractivity contribution >= 4 is 0 Å². The first kappa shape index (κ1) is 23.1. The van der Waals surface area contributed by atoms with Crippen LogP contribution in [0.15, 0.2) is 48.8 Å². The number of unbranched alkanes of at least 4 members (excludes halogenated alkanes) is 1. The Morgan fingerprint density at radius 3 is 2.16 bits per heavy atom. The highest BCUT2D eigenvalue weighted by atomic mass is 19.2. The van der Waals surface area contributed by atoms with E-state index in [-0.39, 0.29) is 22.8 Å². The number of benzene rings is 2. The largest absolute Gasteiger partial charge is 0.462 e. The van der Waals surface area contributed by atoms with Gasteiger partial charge in [-0.05, 0) is 68.6 Å². The highest BCUT2D eigenvalue weighted by molar-refractivity contribution is 5.66. The third-order valence-electron chi connectivity index (χ3n) is 5.86. The van der Waals surface area contributed by atoms with Gasteiger partial charge in [0.05, 0.1) is 6.26 Å². The molecular weight excluding hydrogens is 404 g/mol. The molecule has 0 spiro atoms. The van der Waals surface area contributed by atoms with E-state index in [1.807, 2.05) is 0 Å². The second kappa shape index (κ2) is 10.7. The van der Waals surface area contributed by atoms with Gasteiger partial charge in [0, 0.05) is 11.1 Å². The Morgan fingerprint density at radius 2 is 1.52 bits per heavy atom. The number of ether oxygens (including phenoxy) is 1. The average molecular weight is 433 g/mol. The number of hydrogen-bond acceptors (Lipinski definition) is 1. The molecule has 31 heavy (non-hydrogen) atoms. The second-order valence-corrected chi connectivity index (χ2v) is 7.99. The lowest BCUT2D eigenvalue weighted by Crippen LogP contribution is -2.14. The zero-order chi connectivity index (χ0) is 22.4. The first-order valence-electron chi connectivity index (χ1n) is 10.9. The number of hydrogen-bond donors (Lipinski definition) is 0. The fourth-order valence-corrected chi connectivity index (χ4v) is 4.14. The van der Waals surface area contributed by atoms with Crippen LogP contribution in [0.5, 0.6) is 5.75 Å². The normalized spacial score (nSPS) is 19.4. The van der Waals surface area contributed by atoms with Crippen molar-refractivity contribution in [3.8, 4) is 16.9 Å². The van der Waals surface area contributed by atoms with Gasteiger partial charge < -0.3 is 4.74 Å². The highest BCUT2D eigenvalue weighted by Gasteiger charge is 2.27. The minimum atomic E-state index is -1.27. The van der Waals surface area contributed by atoms with Gasteiger partial charge in [-0.3, -0.25) is 0 Å². The predicted molar refractivity (Wildman–Crippen MR) is 116 cm³/mol. The quantitative estimate of drug-likeness (QED) is 0.242. The maximum Gasteiger partial charge on any atom is 0.201 e. The zero-order valence-corrected chi connectivity index (χ0v) is 17.9. The van der Waals surface area contributed by atoms with Crippen molar-refractivity contribution in [3.05, 3.63) is 77.6 Å². The molecule has 0 atom stereocenters. The van der Waals surface area contributed by atoms with Gasteiger partial charge in [0.2, 0.25) is 5.82 Å². The zero-order valence-electron chi connectivity index (χ0n) is 17.9.